The van der Waals surface area contributed by atoms with E-state index in [9.17, 15) is 9.90 Å². The Morgan fingerprint density at radius 1 is 1.56 bits per heavy atom. The van der Waals surface area contributed by atoms with Crippen LogP contribution in [0, 0.1) is 0 Å². The Bertz CT molecular complexity index is 366. The molecule has 0 aliphatic rings. The lowest BCUT2D eigenvalue weighted by atomic mass is 10.1. The maximum Gasteiger partial charge on any atom is 0.257 e. The van der Waals surface area contributed by atoms with Gasteiger partial charge in [0.05, 0.1) is 11.8 Å². The summed E-state index contributed by atoms with van der Waals surface area (Å²) in [5.41, 5.74) is 0.317. The van der Waals surface area contributed by atoms with Gasteiger partial charge in [0.1, 0.15) is 5.75 Å². The van der Waals surface area contributed by atoms with Gasteiger partial charge in [-0.2, -0.15) is 0 Å². The van der Waals surface area contributed by atoms with Gasteiger partial charge in [0.2, 0.25) is 0 Å². The molecule has 0 bridgehead atoms. The molecule has 1 amide bonds. The molecule has 16 heavy (non-hydrogen) atoms. The van der Waals surface area contributed by atoms with Crippen molar-refractivity contribution in [2.24, 2.45) is 0 Å². The van der Waals surface area contributed by atoms with Gasteiger partial charge in [-0.25, -0.2) is 0 Å². The van der Waals surface area contributed by atoms with E-state index in [1.54, 1.807) is 11.0 Å². The van der Waals surface area contributed by atoms with Crippen molar-refractivity contribution in [2.45, 2.75) is 33.2 Å². The van der Waals surface area contributed by atoms with Gasteiger partial charge in [-0.15, -0.1) is 0 Å². The second kappa shape index (κ2) is 5.49. The first-order valence-corrected chi connectivity index (χ1v) is 5.55. The molecule has 1 N–H and O–H groups in total. The molecular formula is C12H18N2O2. The van der Waals surface area contributed by atoms with Gasteiger partial charge in [-0.3, -0.25) is 9.78 Å². The van der Waals surface area contributed by atoms with Gasteiger partial charge >= 0.3 is 0 Å². The van der Waals surface area contributed by atoms with Crippen molar-refractivity contribution < 1.29 is 9.90 Å². The molecule has 0 radical (unpaired) electrons. The highest BCUT2D eigenvalue weighted by Gasteiger charge is 2.20. The highest BCUT2D eigenvalue weighted by Crippen LogP contribution is 2.18. The first kappa shape index (κ1) is 12.5. The van der Waals surface area contributed by atoms with Crippen molar-refractivity contribution >= 4 is 5.91 Å². The Labute approximate surface area is 95.9 Å². The lowest BCUT2D eigenvalue weighted by Crippen LogP contribution is -2.38. The number of carbonyl (C=O) groups is 1. The number of carbonyl (C=O) groups excluding carboxylic acids is 1. The summed E-state index contributed by atoms with van der Waals surface area (Å²) in [6.07, 6.45) is 3.69. The van der Waals surface area contributed by atoms with Gasteiger partial charge in [-0.1, -0.05) is 6.92 Å². The van der Waals surface area contributed by atoms with E-state index in [1.807, 2.05) is 20.8 Å². The Hall–Kier alpha value is -1.58. The molecule has 4 heteroatoms. The number of aromatic hydroxyl groups is 1. The van der Waals surface area contributed by atoms with Crippen molar-refractivity contribution in [1.82, 2.24) is 9.88 Å². The zero-order chi connectivity index (χ0) is 12.1. The summed E-state index contributed by atoms with van der Waals surface area (Å²) in [5, 5.41) is 9.57. The second-order valence-electron chi connectivity index (χ2n) is 3.74. The summed E-state index contributed by atoms with van der Waals surface area (Å²) in [6, 6.07) is 1.72. The molecule has 1 atom stereocenters. The SMILES string of the molecule is CCC(C)N(CC)C(=O)c1ccncc1O. The topological polar surface area (TPSA) is 53.4 Å². The van der Waals surface area contributed by atoms with Crippen molar-refractivity contribution in [3.8, 4) is 5.75 Å². The fourth-order valence-corrected chi connectivity index (χ4v) is 1.60. The average Bonchev–Trinajstić information content (AvgIpc) is 2.30. The molecule has 1 rings (SSSR count). The first-order chi connectivity index (χ1) is 7.61. The summed E-state index contributed by atoms with van der Waals surface area (Å²) in [5.74, 6) is -0.203. The normalized spacial score (nSPS) is 12.2. The maximum atomic E-state index is 12.1. The maximum absolute atomic E-state index is 12.1. The molecule has 88 valence electrons. The molecule has 0 aliphatic carbocycles. The number of pyridine rings is 1. The van der Waals surface area contributed by atoms with E-state index >= 15 is 0 Å². The number of nitrogens with zero attached hydrogens (tertiary/aromatic N) is 2. The average molecular weight is 222 g/mol. The highest BCUT2D eigenvalue weighted by molar-refractivity contribution is 5.96. The number of hydrogen-bond donors (Lipinski definition) is 1. The smallest absolute Gasteiger partial charge is 0.257 e. The molecule has 0 fully saturated rings. The Balaban J connectivity index is 2.96. The summed E-state index contributed by atoms with van der Waals surface area (Å²) in [4.78, 5) is 17.6. The molecule has 1 heterocycles. The van der Waals surface area contributed by atoms with Gasteiger partial charge in [0.25, 0.3) is 5.91 Å². The Morgan fingerprint density at radius 2 is 2.25 bits per heavy atom. The summed E-state index contributed by atoms with van der Waals surface area (Å²) >= 11 is 0. The fourth-order valence-electron chi connectivity index (χ4n) is 1.60. The monoisotopic (exact) mass is 222 g/mol. The number of hydrogen-bond acceptors (Lipinski definition) is 3. The highest BCUT2D eigenvalue weighted by atomic mass is 16.3. The van der Waals surface area contributed by atoms with E-state index in [2.05, 4.69) is 4.98 Å². The van der Waals surface area contributed by atoms with Crippen LogP contribution in [0.4, 0.5) is 0 Å². The van der Waals surface area contributed by atoms with E-state index in [-0.39, 0.29) is 17.7 Å². The predicted octanol–water partition coefficient (Wildman–Crippen LogP) is 2.05. The van der Waals surface area contributed by atoms with Gasteiger partial charge in [0, 0.05) is 18.8 Å². The quantitative estimate of drug-likeness (QED) is 0.848. The fraction of sp³-hybridized carbons (Fsp3) is 0.500. The third kappa shape index (κ3) is 2.51. The van der Waals surface area contributed by atoms with Crippen LogP contribution in [0.5, 0.6) is 5.75 Å². The van der Waals surface area contributed by atoms with Gasteiger partial charge < -0.3 is 10.0 Å². The summed E-state index contributed by atoms with van der Waals surface area (Å²) in [7, 11) is 0. The minimum atomic E-state index is -0.142. The Kier molecular flexibility index (Phi) is 4.28. The minimum absolute atomic E-state index is 0.0609. The molecule has 0 saturated heterocycles. The van der Waals surface area contributed by atoms with Crippen molar-refractivity contribution in [1.29, 1.82) is 0 Å². The standard InChI is InChI=1S/C12H18N2O2/c1-4-9(3)14(5-2)12(16)10-6-7-13-8-11(10)15/h6-9,15H,4-5H2,1-3H3. The minimum Gasteiger partial charge on any atom is -0.505 e. The molecule has 4 nitrogen and oxygen atoms in total. The molecule has 1 unspecified atom stereocenters. The summed E-state index contributed by atoms with van der Waals surface area (Å²) in [6.45, 7) is 6.60. The van der Waals surface area contributed by atoms with E-state index in [0.717, 1.165) is 6.42 Å². The van der Waals surface area contributed by atoms with Crippen molar-refractivity contribution in [3.63, 3.8) is 0 Å². The molecule has 0 aliphatic heterocycles. The molecule has 0 spiro atoms. The third-order valence-corrected chi connectivity index (χ3v) is 2.75. The second-order valence-corrected chi connectivity index (χ2v) is 3.74. The van der Waals surface area contributed by atoms with Crippen LogP contribution in [0.25, 0.3) is 0 Å². The molecule has 1 aromatic rings. The lowest BCUT2D eigenvalue weighted by molar-refractivity contribution is 0.0696. The molecule has 0 saturated carbocycles. The molecule has 1 aromatic heterocycles. The molecule has 0 aromatic carbocycles. The number of amides is 1. The summed E-state index contributed by atoms with van der Waals surface area (Å²) < 4.78 is 0. The van der Waals surface area contributed by atoms with Crippen LogP contribution < -0.4 is 0 Å². The van der Waals surface area contributed by atoms with Crippen LogP contribution in [-0.2, 0) is 0 Å². The first-order valence-electron chi connectivity index (χ1n) is 5.55. The van der Waals surface area contributed by atoms with Gasteiger partial charge in [0.15, 0.2) is 0 Å². The van der Waals surface area contributed by atoms with E-state index < -0.39 is 0 Å². The van der Waals surface area contributed by atoms with Crippen LogP contribution in [0.1, 0.15) is 37.6 Å². The third-order valence-electron chi connectivity index (χ3n) is 2.75. The number of aromatic nitrogens is 1. The predicted molar refractivity (Wildman–Crippen MR) is 62.4 cm³/mol. The van der Waals surface area contributed by atoms with E-state index in [1.165, 1.54) is 12.4 Å². The number of rotatable bonds is 4. The largest absolute Gasteiger partial charge is 0.505 e. The van der Waals surface area contributed by atoms with Crippen molar-refractivity contribution in [3.05, 3.63) is 24.0 Å². The zero-order valence-corrected chi connectivity index (χ0v) is 9.97. The van der Waals surface area contributed by atoms with Crippen LogP contribution >= 0.6 is 0 Å². The van der Waals surface area contributed by atoms with Crippen LogP contribution in [0.3, 0.4) is 0 Å². The van der Waals surface area contributed by atoms with Crippen LogP contribution in [0.2, 0.25) is 0 Å². The van der Waals surface area contributed by atoms with E-state index in [4.69, 9.17) is 0 Å². The van der Waals surface area contributed by atoms with E-state index in [0.29, 0.717) is 12.1 Å². The van der Waals surface area contributed by atoms with Gasteiger partial charge in [-0.05, 0) is 26.3 Å². The lowest BCUT2D eigenvalue weighted by Gasteiger charge is -2.27. The zero-order valence-electron chi connectivity index (χ0n) is 9.97. The van der Waals surface area contributed by atoms with Crippen LogP contribution in [-0.4, -0.2) is 33.5 Å². The van der Waals surface area contributed by atoms with Crippen molar-refractivity contribution in [2.75, 3.05) is 6.54 Å². The van der Waals surface area contributed by atoms with Crippen LogP contribution in [0.15, 0.2) is 18.5 Å². The molecular weight excluding hydrogens is 204 g/mol. The Morgan fingerprint density at radius 3 is 2.75 bits per heavy atom.